The number of rotatable bonds is 2. The number of alkyl halides is 3. The first kappa shape index (κ1) is 13.1. The summed E-state index contributed by atoms with van der Waals surface area (Å²) in [6, 6.07) is 2.71. The predicted molar refractivity (Wildman–Crippen MR) is 60.3 cm³/mol. The van der Waals surface area contributed by atoms with E-state index in [1.165, 1.54) is 12.1 Å². The molecule has 18 heavy (non-hydrogen) atoms. The Kier molecular flexibility index (Phi) is 2.98. The maximum Gasteiger partial charge on any atom is 0.416 e. The standard InChI is InChI=1S/C11H10F3NO2S/c12-11(13,14)8-2-1-7-5-9(3-4-15)18(16,17)10(7)6-8/h1-2,5-6H,3-4,15H2. The Hall–Kier alpha value is -1.34. The van der Waals surface area contributed by atoms with E-state index in [1.54, 1.807) is 0 Å². The normalized spacial score (nSPS) is 17.4. The smallest absolute Gasteiger partial charge is 0.330 e. The second kappa shape index (κ2) is 4.10. The van der Waals surface area contributed by atoms with Gasteiger partial charge in [-0.15, -0.1) is 0 Å². The lowest BCUT2D eigenvalue weighted by molar-refractivity contribution is -0.137. The fourth-order valence-corrected chi connectivity index (χ4v) is 3.47. The summed E-state index contributed by atoms with van der Waals surface area (Å²) >= 11 is 0. The van der Waals surface area contributed by atoms with Crippen molar-refractivity contribution in [2.45, 2.75) is 17.5 Å². The third kappa shape index (κ3) is 2.04. The molecule has 7 heteroatoms. The number of fused-ring (bicyclic) bond motifs is 1. The molecule has 0 saturated heterocycles. The van der Waals surface area contributed by atoms with E-state index >= 15 is 0 Å². The average Bonchev–Trinajstić information content (AvgIpc) is 2.50. The van der Waals surface area contributed by atoms with Crippen LogP contribution in [0.3, 0.4) is 0 Å². The van der Waals surface area contributed by atoms with E-state index in [4.69, 9.17) is 5.73 Å². The molecule has 0 unspecified atom stereocenters. The SMILES string of the molecule is NCCC1=Cc2ccc(C(F)(F)F)cc2S1(=O)=O. The minimum absolute atomic E-state index is 0.0688. The van der Waals surface area contributed by atoms with Gasteiger partial charge in [0.2, 0.25) is 9.84 Å². The molecule has 1 aliphatic heterocycles. The monoisotopic (exact) mass is 277 g/mol. The maximum absolute atomic E-state index is 12.5. The van der Waals surface area contributed by atoms with Crippen molar-refractivity contribution < 1.29 is 21.6 Å². The fourth-order valence-electron chi connectivity index (χ4n) is 1.80. The van der Waals surface area contributed by atoms with Crippen molar-refractivity contribution >= 4 is 15.9 Å². The van der Waals surface area contributed by atoms with Crippen LogP contribution in [0.1, 0.15) is 17.5 Å². The second-order valence-corrected chi connectivity index (χ2v) is 5.87. The molecule has 98 valence electrons. The van der Waals surface area contributed by atoms with Crippen LogP contribution in [-0.4, -0.2) is 15.0 Å². The van der Waals surface area contributed by atoms with Crippen LogP contribution in [-0.2, 0) is 16.0 Å². The molecule has 0 spiro atoms. The van der Waals surface area contributed by atoms with E-state index in [1.807, 2.05) is 0 Å². The van der Waals surface area contributed by atoms with Gasteiger partial charge in [-0.25, -0.2) is 8.42 Å². The Morgan fingerprint density at radius 2 is 1.89 bits per heavy atom. The molecule has 0 bridgehead atoms. The van der Waals surface area contributed by atoms with E-state index in [9.17, 15) is 21.6 Å². The van der Waals surface area contributed by atoms with Gasteiger partial charge < -0.3 is 5.73 Å². The number of hydrogen-bond acceptors (Lipinski definition) is 3. The third-order valence-corrected chi connectivity index (χ3v) is 4.63. The Morgan fingerprint density at radius 1 is 1.22 bits per heavy atom. The molecule has 1 aliphatic rings. The van der Waals surface area contributed by atoms with E-state index in [0.717, 1.165) is 6.07 Å². The molecule has 1 heterocycles. The molecule has 0 amide bonds. The van der Waals surface area contributed by atoms with E-state index in [2.05, 4.69) is 0 Å². The molecular weight excluding hydrogens is 267 g/mol. The van der Waals surface area contributed by atoms with Crippen LogP contribution in [0.2, 0.25) is 0 Å². The molecule has 0 radical (unpaired) electrons. The molecule has 0 aromatic heterocycles. The summed E-state index contributed by atoms with van der Waals surface area (Å²) in [6.45, 7) is 0.130. The van der Waals surface area contributed by atoms with Gasteiger partial charge in [0, 0.05) is 0 Å². The first-order valence-corrected chi connectivity index (χ1v) is 6.62. The summed E-state index contributed by atoms with van der Waals surface area (Å²) in [7, 11) is -3.81. The second-order valence-electron chi connectivity index (χ2n) is 3.90. The molecule has 0 fully saturated rings. The van der Waals surface area contributed by atoms with Crippen LogP contribution in [0.25, 0.3) is 6.08 Å². The summed E-state index contributed by atoms with van der Waals surface area (Å²) in [5, 5.41) is 0. The summed E-state index contributed by atoms with van der Waals surface area (Å²) in [4.78, 5) is -0.222. The molecule has 0 aliphatic carbocycles. The average molecular weight is 277 g/mol. The van der Waals surface area contributed by atoms with E-state index in [0.29, 0.717) is 6.07 Å². The number of sulfone groups is 1. The van der Waals surface area contributed by atoms with Crippen LogP contribution in [0.15, 0.2) is 28.0 Å². The molecular formula is C11H10F3NO2S. The summed E-state index contributed by atoms with van der Waals surface area (Å²) < 4.78 is 61.5. The highest BCUT2D eigenvalue weighted by molar-refractivity contribution is 7.95. The first-order valence-electron chi connectivity index (χ1n) is 5.14. The van der Waals surface area contributed by atoms with Gasteiger partial charge in [-0.3, -0.25) is 0 Å². The highest BCUT2D eigenvalue weighted by Gasteiger charge is 2.35. The zero-order valence-electron chi connectivity index (χ0n) is 9.16. The predicted octanol–water partition coefficient (Wildman–Crippen LogP) is 2.18. The number of benzene rings is 1. The van der Waals surface area contributed by atoms with E-state index in [-0.39, 0.29) is 28.3 Å². The van der Waals surface area contributed by atoms with Crippen LogP contribution < -0.4 is 5.73 Å². The molecule has 2 N–H and O–H groups in total. The zero-order chi connectivity index (χ0) is 13.6. The molecule has 0 atom stereocenters. The summed E-state index contributed by atoms with van der Waals surface area (Å²) in [5.74, 6) is 0. The van der Waals surface area contributed by atoms with Crippen molar-refractivity contribution in [3.05, 3.63) is 34.2 Å². The quantitative estimate of drug-likeness (QED) is 0.901. The molecule has 3 nitrogen and oxygen atoms in total. The van der Waals surface area contributed by atoms with Crippen LogP contribution >= 0.6 is 0 Å². The minimum Gasteiger partial charge on any atom is -0.330 e. The van der Waals surface area contributed by atoms with Crippen molar-refractivity contribution in [2.75, 3.05) is 6.54 Å². The Balaban J connectivity index is 2.55. The van der Waals surface area contributed by atoms with Crippen LogP contribution in [0.4, 0.5) is 13.2 Å². The van der Waals surface area contributed by atoms with Gasteiger partial charge in [0.25, 0.3) is 0 Å². The lowest BCUT2D eigenvalue weighted by Gasteiger charge is -2.08. The Bertz CT molecular complexity index is 618. The Morgan fingerprint density at radius 3 is 2.44 bits per heavy atom. The number of nitrogens with two attached hydrogens (primary N) is 1. The summed E-state index contributed by atoms with van der Waals surface area (Å²) in [6.07, 6.45) is -3.06. The lowest BCUT2D eigenvalue weighted by Crippen LogP contribution is -2.09. The van der Waals surface area contributed by atoms with Crippen molar-refractivity contribution in [3.63, 3.8) is 0 Å². The Labute approximate surface area is 102 Å². The van der Waals surface area contributed by atoms with Gasteiger partial charge in [0.05, 0.1) is 15.4 Å². The van der Waals surface area contributed by atoms with Gasteiger partial charge in [-0.05, 0) is 36.7 Å². The van der Waals surface area contributed by atoms with Crippen molar-refractivity contribution in [3.8, 4) is 0 Å². The van der Waals surface area contributed by atoms with Gasteiger partial charge in [0.15, 0.2) is 0 Å². The van der Waals surface area contributed by atoms with Crippen LogP contribution in [0.5, 0.6) is 0 Å². The lowest BCUT2D eigenvalue weighted by atomic mass is 10.1. The number of halogens is 3. The largest absolute Gasteiger partial charge is 0.416 e. The zero-order valence-corrected chi connectivity index (χ0v) is 9.98. The molecule has 1 aromatic rings. The van der Waals surface area contributed by atoms with Gasteiger partial charge >= 0.3 is 6.18 Å². The third-order valence-electron chi connectivity index (χ3n) is 2.68. The van der Waals surface area contributed by atoms with Gasteiger partial charge in [-0.2, -0.15) is 13.2 Å². The topological polar surface area (TPSA) is 60.2 Å². The maximum atomic E-state index is 12.5. The van der Waals surface area contributed by atoms with Crippen LogP contribution in [0, 0.1) is 0 Å². The number of hydrogen-bond donors (Lipinski definition) is 1. The van der Waals surface area contributed by atoms with Crippen molar-refractivity contribution in [1.82, 2.24) is 0 Å². The highest BCUT2D eigenvalue weighted by Crippen LogP contribution is 2.38. The van der Waals surface area contributed by atoms with Crippen molar-refractivity contribution in [2.24, 2.45) is 5.73 Å². The van der Waals surface area contributed by atoms with Gasteiger partial charge in [-0.1, -0.05) is 6.07 Å². The molecule has 2 rings (SSSR count). The minimum atomic E-state index is -4.55. The fraction of sp³-hybridized carbons (Fsp3) is 0.273. The van der Waals surface area contributed by atoms with Crippen molar-refractivity contribution in [1.29, 1.82) is 0 Å². The van der Waals surface area contributed by atoms with Gasteiger partial charge in [0.1, 0.15) is 0 Å². The highest BCUT2D eigenvalue weighted by atomic mass is 32.2. The molecule has 0 saturated carbocycles. The van der Waals surface area contributed by atoms with E-state index < -0.39 is 21.6 Å². The molecule has 1 aromatic carbocycles. The summed E-state index contributed by atoms with van der Waals surface area (Å²) in [5.41, 5.74) is 4.60. The first-order chi connectivity index (χ1) is 8.26.